The Morgan fingerprint density at radius 2 is 1.34 bits per heavy atom. The second-order valence-electron chi connectivity index (χ2n) is 14.9. The quantitative estimate of drug-likeness (QED) is 0.0205. The number of amides is 1. The highest BCUT2D eigenvalue weighted by molar-refractivity contribution is 5.78. The van der Waals surface area contributed by atoms with Gasteiger partial charge in [-0.05, 0) is 62.4 Å². The molecule has 0 rings (SSSR count). The molecule has 328 valence electrons. The Balaban J connectivity index is -0.000000302. The minimum absolute atomic E-state index is 0.0811. The third kappa shape index (κ3) is 40.2. The van der Waals surface area contributed by atoms with E-state index in [-0.39, 0.29) is 23.6 Å². The summed E-state index contributed by atoms with van der Waals surface area (Å²) in [7, 11) is 0. The molecule has 0 aromatic rings. The van der Waals surface area contributed by atoms with E-state index in [4.69, 9.17) is 0 Å². The molecular weight excluding hydrogens is 691 g/mol. The van der Waals surface area contributed by atoms with Crippen molar-refractivity contribution in [3.8, 4) is 0 Å². The third-order valence-electron chi connectivity index (χ3n) is 8.35. The van der Waals surface area contributed by atoms with Gasteiger partial charge in [-0.2, -0.15) is 0 Å². The Bertz CT molecular complexity index is 1090. The van der Waals surface area contributed by atoms with Crippen LogP contribution in [0, 0.1) is 23.7 Å². The Hall–Kier alpha value is -3.45. The first-order valence-electron chi connectivity index (χ1n) is 21.6. The van der Waals surface area contributed by atoms with Crippen LogP contribution in [0.15, 0.2) is 98.3 Å². The van der Waals surface area contributed by atoms with Crippen molar-refractivity contribution in [2.75, 3.05) is 26.2 Å². The van der Waals surface area contributed by atoms with Gasteiger partial charge in [-0.3, -0.25) is 4.79 Å². The molecule has 7 nitrogen and oxygen atoms in total. The SMILES string of the molecule is C=C(C)CNCC(CC(C)C)NC(=C)CNC(=C)C(NC(=C)CCCC(=C)O)[C@@H](C)CC.C=C/C=C(\C=C)CCCNC(=O)C(C)C(C)C.CC.CC.CCC. The molecule has 3 unspecified atom stereocenters. The van der Waals surface area contributed by atoms with Gasteiger partial charge in [0.2, 0.25) is 5.91 Å². The molecule has 1 amide bonds. The van der Waals surface area contributed by atoms with Gasteiger partial charge in [0.25, 0.3) is 0 Å². The molecule has 0 fully saturated rings. The number of rotatable bonds is 28. The second-order valence-corrected chi connectivity index (χ2v) is 14.9. The van der Waals surface area contributed by atoms with E-state index >= 15 is 0 Å². The second kappa shape index (κ2) is 42.7. The summed E-state index contributed by atoms with van der Waals surface area (Å²) in [6, 6.07) is 0.405. The van der Waals surface area contributed by atoms with Crippen LogP contribution in [0.4, 0.5) is 0 Å². The van der Waals surface area contributed by atoms with E-state index in [2.05, 4.69) is 128 Å². The molecule has 0 aromatic heterocycles. The first kappa shape index (κ1) is 61.8. The third-order valence-corrected chi connectivity index (χ3v) is 8.35. The number of aliphatic hydroxyl groups excluding tert-OH is 1. The summed E-state index contributed by atoms with van der Waals surface area (Å²) in [6.45, 7) is 59.9. The van der Waals surface area contributed by atoms with Crippen molar-refractivity contribution in [3.05, 3.63) is 98.3 Å². The lowest BCUT2D eigenvalue weighted by Gasteiger charge is -2.30. The van der Waals surface area contributed by atoms with Crippen molar-refractivity contribution < 1.29 is 9.90 Å². The molecule has 0 saturated carbocycles. The Morgan fingerprint density at radius 1 is 0.768 bits per heavy atom. The van der Waals surface area contributed by atoms with Crippen LogP contribution in [0.25, 0.3) is 0 Å². The zero-order chi connectivity index (χ0) is 44.6. The van der Waals surface area contributed by atoms with Gasteiger partial charge < -0.3 is 31.7 Å². The number of carbonyl (C=O) groups excluding carboxylic acids is 1. The van der Waals surface area contributed by atoms with E-state index in [1.807, 2.05) is 53.7 Å². The summed E-state index contributed by atoms with van der Waals surface area (Å²) >= 11 is 0. The summed E-state index contributed by atoms with van der Waals surface area (Å²) in [5.74, 6) is 1.84. The first-order chi connectivity index (χ1) is 26.4. The Labute approximate surface area is 349 Å². The Morgan fingerprint density at radius 3 is 1.79 bits per heavy atom. The van der Waals surface area contributed by atoms with E-state index in [1.54, 1.807) is 6.08 Å². The highest BCUT2D eigenvalue weighted by atomic mass is 16.3. The molecule has 4 atom stereocenters. The lowest BCUT2D eigenvalue weighted by molar-refractivity contribution is -0.125. The topological polar surface area (TPSA) is 97.4 Å². The summed E-state index contributed by atoms with van der Waals surface area (Å²) < 4.78 is 0. The zero-order valence-corrected chi connectivity index (χ0v) is 39.5. The maximum Gasteiger partial charge on any atom is 0.223 e. The molecule has 0 spiro atoms. The van der Waals surface area contributed by atoms with Crippen LogP contribution >= 0.6 is 0 Å². The van der Waals surface area contributed by atoms with Crippen molar-refractivity contribution in [3.63, 3.8) is 0 Å². The van der Waals surface area contributed by atoms with Crippen molar-refractivity contribution in [1.29, 1.82) is 0 Å². The number of allylic oxidation sites excluding steroid dienone is 6. The van der Waals surface area contributed by atoms with Gasteiger partial charge in [0.1, 0.15) is 0 Å². The molecule has 6 N–H and O–H groups in total. The number of carbonyl (C=O) groups is 1. The fraction of sp³-hybridized carbons (Fsp3) is 0.653. The smallest absolute Gasteiger partial charge is 0.223 e. The Kier molecular flexibility index (Phi) is 47.1. The molecule has 0 bridgehead atoms. The zero-order valence-electron chi connectivity index (χ0n) is 39.5. The summed E-state index contributed by atoms with van der Waals surface area (Å²) in [6.07, 6.45) is 13.0. The number of aliphatic hydroxyl groups is 1. The molecule has 0 saturated heterocycles. The first-order valence-corrected chi connectivity index (χ1v) is 21.6. The molecule has 0 aliphatic carbocycles. The van der Waals surface area contributed by atoms with Gasteiger partial charge in [0, 0.05) is 55.1 Å². The minimum Gasteiger partial charge on any atom is -0.513 e. The van der Waals surface area contributed by atoms with E-state index in [1.165, 1.54) is 6.42 Å². The standard InChI is InChI=1S/C27H50N4O.C15H25NO.C3H8.2C2H6/c1-11-21(6)27(31-22(7)13-12-14-24(9)32)25(10)29-17-23(8)30-26(15-19(2)3)18-28-16-20(4)5;1-6-9-14(7-2)10-8-11-16-15(17)13(5)12(3)4;1-3-2;2*1-2/h19,21,26-32H,4,7-18H2,1-3,5-6H3;6-7,9,12-13H,1-2,8,10-11H2,3-5H3,(H,16,17);3H2,1-2H3;2*1-2H3/b;14-9+;;;/t21-,26?,27?;;;;/m0..../s1. The van der Waals surface area contributed by atoms with E-state index < -0.39 is 0 Å². The monoisotopic (exact) mass is 786 g/mol. The van der Waals surface area contributed by atoms with Crippen molar-refractivity contribution in [2.45, 2.75) is 160 Å². The van der Waals surface area contributed by atoms with Crippen LogP contribution in [0.2, 0.25) is 0 Å². The highest BCUT2D eigenvalue weighted by Crippen LogP contribution is 2.17. The van der Waals surface area contributed by atoms with E-state index in [0.29, 0.717) is 36.8 Å². The van der Waals surface area contributed by atoms with Gasteiger partial charge in [0.05, 0.1) is 18.3 Å². The normalized spacial score (nSPS) is 12.4. The summed E-state index contributed by atoms with van der Waals surface area (Å²) in [5.41, 5.74) is 5.15. The maximum absolute atomic E-state index is 11.7. The summed E-state index contributed by atoms with van der Waals surface area (Å²) in [5, 5.41) is 26.3. The van der Waals surface area contributed by atoms with Gasteiger partial charge in [-0.15, -0.1) is 0 Å². The van der Waals surface area contributed by atoms with Crippen molar-refractivity contribution in [2.24, 2.45) is 23.7 Å². The fourth-order valence-corrected chi connectivity index (χ4v) is 4.87. The van der Waals surface area contributed by atoms with Gasteiger partial charge in [0.15, 0.2) is 0 Å². The average Bonchev–Trinajstić information content (AvgIpc) is 3.14. The lowest BCUT2D eigenvalue weighted by Crippen LogP contribution is -2.43. The molecule has 0 aromatic carbocycles. The maximum atomic E-state index is 11.7. The average molecular weight is 786 g/mol. The molecule has 0 radical (unpaired) electrons. The highest BCUT2D eigenvalue weighted by Gasteiger charge is 2.20. The molecule has 0 heterocycles. The van der Waals surface area contributed by atoms with E-state index in [0.717, 1.165) is 86.4 Å². The van der Waals surface area contributed by atoms with Crippen LogP contribution in [0.3, 0.4) is 0 Å². The predicted octanol–water partition coefficient (Wildman–Crippen LogP) is 12.5. The number of hydrogen-bond acceptors (Lipinski definition) is 6. The van der Waals surface area contributed by atoms with Crippen LogP contribution in [-0.4, -0.2) is 49.3 Å². The van der Waals surface area contributed by atoms with Gasteiger partial charge in [-0.1, -0.05) is 173 Å². The van der Waals surface area contributed by atoms with Crippen LogP contribution in [-0.2, 0) is 4.79 Å². The van der Waals surface area contributed by atoms with Crippen molar-refractivity contribution >= 4 is 5.91 Å². The lowest BCUT2D eigenvalue weighted by atomic mass is 9.96. The molecule has 0 aliphatic rings. The molecule has 56 heavy (non-hydrogen) atoms. The molecule has 7 heteroatoms. The van der Waals surface area contributed by atoms with Crippen LogP contribution in [0.1, 0.15) is 148 Å². The predicted molar refractivity (Wildman–Crippen MR) is 255 cm³/mol. The van der Waals surface area contributed by atoms with Crippen LogP contribution in [0.5, 0.6) is 0 Å². The number of nitrogens with one attached hydrogen (secondary N) is 5. The van der Waals surface area contributed by atoms with Gasteiger partial charge >= 0.3 is 0 Å². The van der Waals surface area contributed by atoms with E-state index in [9.17, 15) is 9.90 Å². The van der Waals surface area contributed by atoms with Gasteiger partial charge in [-0.25, -0.2) is 0 Å². The minimum atomic E-state index is 0.0811. The molecule has 0 aliphatic heterocycles. The largest absolute Gasteiger partial charge is 0.513 e. The number of hydrogen-bond donors (Lipinski definition) is 6. The fourth-order valence-electron chi connectivity index (χ4n) is 4.87. The van der Waals surface area contributed by atoms with Crippen molar-refractivity contribution in [1.82, 2.24) is 26.6 Å². The van der Waals surface area contributed by atoms with Crippen LogP contribution < -0.4 is 26.6 Å². The summed E-state index contributed by atoms with van der Waals surface area (Å²) in [4.78, 5) is 11.7. The molecular formula is C49H95N5O2.